The molecular weight excluding hydrogens is 440 g/mol. The van der Waals surface area contributed by atoms with Crippen molar-refractivity contribution in [2.75, 3.05) is 19.8 Å². The number of ether oxygens (including phenoxy) is 4. The smallest absolute Gasteiger partial charge is 0.277 e. The molecule has 5 rings (SSSR count). The first-order valence-electron chi connectivity index (χ1n) is 10.6. The van der Waals surface area contributed by atoms with E-state index in [2.05, 4.69) is 0 Å². The first-order valence-corrected chi connectivity index (χ1v) is 10.9. The molecule has 1 spiro atoms. The van der Waals surface area contributed by atoms with Crippen molar-refractivity contribution in [3.8, 4) is 11.5 Å². The fourth-order valence-electron chi connectivity index (χ4n) is 4.44. The van der Waals surface area contributed by atoms with E-state index >= 15 is 0 Å². The molecule has 0 radical (unpaired) electrons. The highest BCUT2D eigenvalue weighted by Gasteiger charge is 2.46. The third-order valence-corrected chi connectivity index (χ3v) is 6.60. The van der Waals surface area contributed by atoms with Gasteiger partial charge in [0.1, 0.15) is 37.1 Å². The predicted molar refractivity (Wildman–Crippen MR) is 113 cm³/mol. The Kier molecular flexibility index (Phi) is 5.79. The molecule has 3 aliphatic heterocycles. The van der Waals surface area contributed by atoms with Crippen LogP contribution in [0.2, 0.25) is 5.02 Å². The average Bonchev–Trinajstić information content (AvgIpc) is 3.39. The zero-order chi connectivity index (χ0) is 22.5. The van der Waals surface area contributed by atoms with Crippen LogP contribution < -0.4 is 9.47 Å². The Labute approximate surface area is 189 Å². The molecule has 2 saturated heterocycles. The van der Waals surface area contributed by atoms with Gasteiger partial charge in [0.25, 0.3) is 5.79 Å². The summed E-state index contributed by atoms with van der Waals surface area (Å²) < 4.78 is 23.1. The van der Waals surface area contributed by atoms with Gasteiger partial charge < -0.3 is 39.4 Å². The molecule has 2 aromatic carbocycles. The summed E-state index contributed by atoms with van der Waals surface area (Å²) in [4.78, 5) is 0. The minimum atomic E-state index is -1.44. The molecule has 172 valence electrons. The van der Waals surface area contributed by atoms with Gasteiger partial charge >= 0.3 is 0 Å². The molecule has 2 fully saturated rings. The largest absolute Gasteiger partial charge is 0.446 e. The Morgan fingerprint density at radius 3 is 2.53 bits per heavy atom. The first-order chi connectivity index (χ1) is 15.4. The topological polar surface area (TPSA) is 118 Å². The molecule has 32 heavy (non-hydrogen) atoms. The number of aliphatic hydroxyl groups is 4. The number of hydrogen-bond donors (Lipinski definition) is 4. The van der Waals surface area contributed by atoms with Crippen molar-refractivity contribution in [3.05, 3.63) is 58.1 Å². The number of aliphatic hydroxyl groups excluding tert-OH is 4. The van der Waals surface area contributed by atoms with Crippen LogP contribution in [0.15, 0.2) is 36.4 Å². The van der Waals surface area contributed by atoms with Crippen molar-refractivity contribution in [1.82, 2.24) is 0 Å². The zero-order valence-electron chi connectivity index (χ0n) is 17.2. The maximum atomic E-state index is 10.4. The average molecular weight is 465 g/mol. The minimum absolute atomic E-state index is 0.393. The van der Waals surface area contributed by atoms with E-state index in [0.717, 1.165) is 11.1 Å². The van der Waals surface area contributed by atoms with E-state index in [-0.39, 0.29) is 0 Å². The molecule has 6 atom stereocenters. The van der Waals surface area contributed by atoms with Gasteiger partial charge in [-0.3, -0.25) is 0 Å². The molecule has 3 heterocycles. The van der Waals surface area contributed by atoms with E-state index in [0.29, 0.717) is 48.1 Å². The quantitative estimate of drug-likeness (QED) is 0.535. The second kappa shape index (κ2) is 8.46. The Morgan fingerprint density at radius 2 is 1.78 bits per heavy atom. The molecule has 4 N–H and O–H groups in total. The lowest BCUT2D eigenvalue weighted by molar-refractivity contribution is -0.231. The maximum absolute atomic E-state index is 10.4. The number of halogens is 1. The van der Waals surface area contributed by atoms with Crippen molar-refractivity contribution < 1.29 is 39.4 Å². The van der Waals surface area contributed by atoms with Crippen LogP contribution >= 0.6 is 11.6 Å². The van der Waals surface area contributed by atoms with E-state index in [4.69, 9.17) is 30.5 Å². The molecule has 0 saturated carbocycles. The number of hydrogen-bond acceptors (Lipinski definition) is 8. The molecule has 9 heteroatoms. The lowest BCUT2D eigenvalue weighted by atomic mass is 9.90. The summed E-state index contributed by atoms with van der Waals surface area (Å²) in [5.41, 5.74) is 2.33. The van der Waals surface area contributed by atoms with Crippen LogP contribution in [0.25, 0.3) is 0 Å². The van der Waals surface area contributed by atoms with Crippen LogP contribution in [0, 0.1) is 0 Å². The van der Waals surface area contributed by atoms with Crippen LogP contribution in [-0.2, 0) is 15.9 Å². The summed E-state index contributed by atoms with van der Waals surface area (Å²) in [6.07, 6.45) is -4.92. The van der Waals surface area contributed by atoms with Crippen LogP contribution in [0.4, 0.5) is 0 Å². The van der Waals surface area contributed by atoms with Crippen LogP contribution in [0.3, 0.4) is 0 Å². The molecule has 1 unspecified atom stereocenters. The lowest BCUT2D eigenvalue weighted by Gasteiger charge is -2.40. The highest BCUT2D eigenvalue weighted by molar-refractivity contribution is 6.31. The summed E-state index contributed by atoms with van der Waals surface area (Å²) in [6.45, 7) is 0.511. The number of fused-ring (bicyclic) bond motifs is 1. The normalized spacial score (nSPS) is 33.7. The third kappa shape index (κ3) is 3.86. The minimum Gasteiger partial charge on any atom is -0.446 e. The maximum Gasteiger partial charge on any atom is 0.277 e. The van der Waals surface area contributed by atoms with Gasteiger partial charge in [-0.05, 0) is 41.3 Å². The molecule has 8 nitrogen and oxygen atoms in total. The highest BCUT2D eigenvalue weighted by Crippen LogP contribution is 2.43. The van der Waals surface area contributed by atoms with Crippen molar-refractivity contribution in [2.24, 2.45) is 0 Å². The molecular formula is C23H25ClO8. The zero-order valence-corrected chi connectivity index (χ0v) is 17.9. The molecule has 0 bridgehead atoms. The van der Waals surface area contributed by atoms with E-state index in [9.17, 15) is 20.4 Å². The van der Waals surface area contributed by atoms with E-state index in [1.54, 1.807) is 18.2 Å². The molecule has 0 aromatic heterocycles. The van der Waals surface area contributed by atoms with Gasteiger partial charge in [0.05, 0.1) is 19.6 Å². The van der Waals surface area contributed by atoms with Gasteiger partial charge in [-0.1, -0.05) is 29.8 Å². The Balaban J connectivity index is 1.37. The van der Waals surface area contributed by atoms with Crippen molar-refractivity contribution in [1.29, 1.82) is 0 Å². The Hall–Kier alpha value is -1.91. The van der Waals surface area contributed by atoms with Gasteiger partial charge in [0.15, 0.2) is 11.5 Å². The standard InChI is InChI=1S/C23H25ClO8/c24-15-3-2-13(22-21(28)20(27)19(26)18(10-25)30-22)9-14(15)7-12-1-4-16-17(8-12)32-23(31-16)5-6-29-11-23/h1-4,8-9,18-22,25-28H,5-7,10-11H2/t18-,19-,20+,21-,22-,23?/m1/s1. The summed E-state index contributed by atoms with van der Waals surface area (Å²) >= 11 is 6.44. The van der Waals surface area contributed by atoms with Crippen molar-refractivity contribution in [3.63, 3.8) is 0 Å². The van der Waals surface area contributed by atoms with E-state index < -0.39 is 42.9 Å². The van der Waals surface area contributed by atoms with Crippen LogP contribution in [0.1, 0.15) is 29.2 Å². The van der Waals surface area contributed by atoms with Gasteiger partial charge in [0.2, 0.25) is 0 Å². The summed E-state index contributed by atoms with van der Waals surface area (Å²) in [5.74, 6) is 0.608. The SMILES string of the molecule is OC[C@H]1O[C@H](c2ccc(Cl)c(Cc3ccc4c(c3)OC3(CCOC3)O4)c2)[C@H](O)[C@@H](O)[C@@H]1O. The van der Waals surface area contributed by atoms with E-state index in [1.165, 1.54) is 0 Å². The van der Waals surface area contributed by atoms with Crippen molar-refractivity contribution in [2.45, 2.75) is 49.1 Å². The fraction of sp³-hybridized carbons (Fsp3) is 0.478. The predicted octanol–water partition coefficient (Wildman–Crippen LogP) is 1.33. The van der Waals surface area contributed by atoms with Crippen LogP contribution in [0.5, 0.6) is 11.5 Å². The second-order valence-electron chi connectivity index (χ2n) is 8.48. The van der Waals surface area contributed by atoms with Gasteiger partial charge in [0, 0.05) is 5.02 Å². The second-order valence-corrected chi connectivity index (χ2v) is 8.88. The molecule has 3 aliphatic rings. The summed E-state index contributed by atoms with van der Waals surface area (Å²) in [6, 6.07) is 10.9. The van der Waals surface area contributed by atoms with E-state index in [1.807, 2.05) is 18.2 Å². The van der Waals surface area contributed by atoms with Crippen LogP contribution in [-0.4, -0.2) is 70.4 Å². The van der Waals surface area contributed by atoms with Gasteiger partial charge in [-0.2, -0.15) is 0 Å². The summed E-state index contributed by atoms with van der Waals surface area (Å²) in [7, 11) is 0. The number of rotatable bonds is 4. The monoisotopic (exact) mass is 464 g/mol. The van der Waals surface area contributed by atoms with Gasteiger partial charge in [-0.15, -0.1) is 0 Å². The molecule has 2 aromatic rings. The fourth-order valence-corrected chi connectivity index (χ4v) is 4.63. The Bertz CT molecular complexity index is 990. The molecule has 0 amide bonds. The highest BCUT2D eigenvalue weighted by atomic mass is 35.5. The van der Waals surface area contributed by atoms with Crippen molar-refractivity contribution >= 4 is 11.6 Å². The van der Waals surface area contributed by atoms with Gasteiger partial charge in [-0.25, -0.2) is 0 Å². The summed E-state index contributed by atoms with van der Waals surface area (Å²) in [5, 5.41) is 40.6. The molecule has 0 aliphatic carbocycles. The first kappa shape index (κ1) is 21.9. The Morgan fingerprint density at radius 1 is 0.969 bits per heavy atom. The number of benzene rings is 2. The lowest BCUT2D eigenvalue weighted by Crippen LogP contribution is -2.55. The third-order valence-electron chi connectivity index (χ3n) is 6.23.